The van der Waals surface area contributed by atoms with Gasteiger partial charge in [-0.3, -0.25) is 19.9 Å². The van der Waals surface area contributed by atoms with Gasteiger partial charge in [-0.1, -0.05) is 48.5 Å². The minimum Gasteiger partial charge on any atom is -0.478 e. The number of non-ortho nitro benzene ring substituents is 1. The van der Waals surface area contributed by atoms with Gasteiger partial charge < -0.3 is 10.1 Å². The maximum absolute atomic E-state index is 13.0. The van der Waals surface area contributed by atoms with E-state index < -0.39 is 11.0 Å². The highest BCUT2D eigenvalue weighted by Gasteiger charge is 2.24. The summed E-state index contributed by atoms with van der Waals surface area (Å²) < 4.78 is 5.60. The highest BCUT2D eigenvalue weighted by atomic mass is 16.6. The number of nitrogens with zero attached hydrogens (tertiary/aromatic N) is 2. The van der Waals surface area contributed by atoms with Crippen molar-refractivity contribution in [2.24, 2.45) is 4.99 Å². The molecule has 0 unspecified atom stereocenters. The van der Waals surface area contributed by atoms with Crippen LogP contribution in [0, 0.1) is 10.1 Å². The second-order valence-electron chi connectivity index (χ2n) is 6.75. The molecule has 0 saturated carbocycles. The molecular weight excluding hydrogens is 370 g/mol. The molecule has 1 atom stereocenters. The van der Waals surface area contributed by atoms with Gasteiger partial charge in [0.15, 0.2) is 0 Å². The highest BCUT2D eigenvalue weighted by Crippen LogP contribution is 2.19. The third-order valence-electron chi connectivity index (χ3n) is 4.83. The molecule has 4 rings (SSSR count). The molecule has 7 heteroatoms. The number of aliphatic imine (C=N–C) groups is 1. The van der Waals surface area contributed by atoms with Gasteiger partial charge in [0.25, 0.3) is 11.6 Å². The minimum absolute atomic E-state index is 0.0274. The summed E-state index contributed by atoms with van der Waals surface area (Å²) in [6, 6.07) is 19.1. The third kappa shape index (κ3) is 4.08. The zero-order chi connectivity index (χ0) is 20.2. The van der Waals surface area contributed by atoms with Crippen LogP contribution >= 0.6 is 0 Å². The molecule has 0 saturated heterocycles. The molecule has 0 aliphatic carbocycles. The van der Waals surface area contributed by atoms with Gasteiger partial charge in [-0.15, -0.1) is 0 Å². The van der Waals surface area contributed by atoms with E-state index in [1.165, 1.54) is 12.1 Å². The van der Waals surface area contributed by atoms with Crippen LogP contribution in [-0.4, -0.2) is 35.9 Å². The number of amides is 1. The minimum atomic E-state index is -0.453. The topological polar surface area (TPSA) is 93.8 Å². The fourth-order valence-electron chi connectivity index (χ4n) is 3.41. The van der Waals surface area contributed by atoms with Gasteiger partial charge in [0.2, 0.25) is 5.90 Å². The lowest BCUT2D eigenvalue weighted by atomic mass is 10.0. The Balaban J connectivity index is 1.58. The van der Waals surface area contributed by atoms with Crippen LogP contribution in [0.25, 0.3) is 10.8 Å². The van der Waals surface area contributed by atoms with Crippen molar-refractivity contribution >= 4 is 28.3 Å². The lowest BCUT2D eigenvalue weighted by Gasteiger charge is -2.19. The van der Waals surface area contributed by atoms with Gasteiger partial charge in [-0.2, -0.15) is 0 Å². The van der Waals surface area contributed by atoms with E-state index in [4.69, 9.17) is 4.74 Å². The van der Waals surface area contributed by atoms with Crippen molar-refractivity contribution in [1.29, 1.82) is 0 Å². The first-order chi connectivity index (χ1) is 14.1. The number of rotatable bonds is 6. The molecule has 3 aromatic carbocycles. The van der Waals surface area contributed by atoms with Crippen molar-refractivity contribution < 1.29 is 14.5 Å². The van der Waals surface area contributed by atoms with Crippen molar-refractivity contribution in [2.45, 2.75) is 12.5 Å². The molecule has 0 spiro atoms. The average Bonchev–Trinajstić information content (AvgIpc) is 3.28. The molecule has 0 bridgehead atoms. The molecule has 0 aromatic heterocycles. The molecule has 1 N–H and O–H groups in total. The van der Waals surface area contributed by atoms with E-state index >= 15 is 0 Å². The van der Waals surface area contributed by atoms with Gasteiger partial charge in [0.05, 0.1) is 11.5 Å². The van der Waals surface area contributed by atoms with Crippen molar-refractivity contribution in [2.75, 3.05) is 13.2 Å². The lowest BCUT2D eigenvalue weighted by Crippen LogP contribution is -2.42. The van der Waals surface area contributed by atoms with Crippen LogP contribution in [0.2, 0.25) is 0 Å². The van der Waals surface area contributed by atoms with Crippen LogP contribution in [0.4, 0.5) is 5.69 Å². The van der Waals surface area contributed by atoms with E-state index in [0.29, 0.717) is 31.0 Å². The zero-order valence-electron chi connectivity index (χ0n) is 15.6. The van der Waals surface area contributed by atoms with Crippen LogP contribution in [0.1, 0.15) is 15.9 Å². The molecule has 1 aliphatic rings. The van der Waals surface area contributed by atoms with Crippen molar-refractivity contribution in [1.82, 2.24) is 5.32 Å². The summed E-state index contributed by atoms with van der Waals surface area (Å²) in [7, 11) is 0. The molecule has 1 aliphatic heterocycles. The Morgan fingerprint density at radius 1 is 1.10 bits per heavy atom. The SMILES string of the molecule is O=C(N[C@@H](Cc1ccc([N+](=O)[O-])cc1)C1=NCCO1)c1cccc2ccccc12. The van der Waals surface area contributed by atoms with E-state index in [0.717, 1.165) is 16.3 Å². The molecule has 0 radical (unpaired) electrons. The smallest absolute Gasteiger partial charge is 0.269 e. The molecule has 3 aromatic rings. The Morgan fingerprint density at radius 2 is 1.86 bits per heavy atom. The fourth-order valence-corrected chi connectivity index (χ4v) is 3.41. The maximum Gasteiger partial charge on any atom is 0.269 e. The fraction of sp³-hybridized carbons (Fsp3) is 0.182. The second-order valence-corrected chi connectivity index (χ2v) is 6.75. The molecule has 29 heavy (non-hydrogen) atoms. The zero-order valence-corrected chi connectivity index (χ0v) is 15.6. The van der Waals surface area contributed by atoms with Crippen LogP contribution < -0.4 is 5.32 Å². The molecule has 1 heterocycles. The predicted molar refractivity (Wildman–Crippen MR) is 110 cm³/mol. The lowest BCUT2D eigenvalue weighted by molar-refractivity contribution is -0.384. The number of nitro benzene ring substituents is 1. The summed E-state index contributed by atoms with van der Waals surface area (Å²) in [4.78, 5) is 27.8. The number of fused-ring (bicyclic) bond motifs is 1. The van der Waals surface area contributed by atoms with E-state index in [1.807, 2.05) is 36.4 Å². The van der Waals surface area contributed by atoms with E-state index in [1.54, 1.807) is 18.2 Å². The Kier molecular flexibility index (Phi) is 5.20. The molecule has 7 nitrogen and oxygen atoms in total. The quantitative estimate of drug-likeness (QED) is 0.516. The largest absolute Gasteiger partial charge is 0.478 e. The third-order valence-corrected chi connectivity index (χ3v) is 4.83. The van der Waals surface area contributed by atoms with Gasteiger partial charge in [-0.05, 0) is 22.4 Å². The standard InChI is InChI=1S/C22H19N3O4/c26-21(19-7-3-5-16-4-1-2-6-18(16)19)24-20(22-23-12-13-29-22)14-15-8-10-17(11-9-15)25(27)28/h1-11,20H,12-14H2,(H,24,26)/t20-/m0/s1. The number of carbonyl (C=O) groups is 1. The molecule has 0 fully saturated rings. The maximum atomic E-state index is 13.0. The van der Waals surface area contributed by atoms with Crippen LogP contribution in [-0.2, 0) is 11.2 Å². The van der Waals surface area contributed by atoms with E-state index in [2.05, 4.69) is 10.3 Å². The van der Waals surface area contributed by atoms with Gasteiger partial charge in [0, 0.05) is 24.1 Å². The van der Waals surface area contributed by atoms with Crippen molar-refractivity contribution in [3.8, 4) is 0 Å². The number of carbonyl (C=O) groups excluding carboxylic acids is 1. The van der Waals surface area contributed by atoms with Crippen molar-refractivity contribution in [3.63, 3.8) is 0 Å². The Hall–Kier alpha value is -3.74. The van der Waals surface area contributed by atoms with E-state index in [9.17, 15) is 14.9 Å². The number of benzene rings is 3. The predicted octanol–water partition coefficient (Wildman–Crippen LogP) is 3.52. The summed E-state index contributed by atoms with van der Waals surface area (Å²) in [6.07, 6.45) is 0.424. The summed E-state index contributed by atoms with van der Waals surface area (Å²) >= 11 is 0. The Morgan fingerprint density at radius 3 is 2.59 bits per heavy atom. The number of nitrogens with one attached hydrogen (secondary N) is 1. The second kappa shape index (κ2) is 8.10. The first-order valence-electron chi connectivity index (χ1n) is 9.31. The van der Waals surface area contributed by atoms with Crippen LogP contribution in [0.5, 0.6) is 0 Å². The molecule has 146 valence electrons. The average molecular weight is 389 g/mol. The van der Waals surface area contributed by atoms with E-state index in [-0.39, 0.29) is 11.6 Å². The number of hydrogen-bond acceptors (Lipinski definition) is 5. The number of hydrogen-bond donors (Lipinski definition) is 1. The van der Waals surface area contributed by atoms with Gasteiger partial charge in [0.1, 0.15) is 12.6 Å². The summed E-state index contributed by atoms with van der Waals surface area (Å²) in [6.45, 7) is 1.03. The van der Waals surface area contributed by atoms with Crippen molar-refractivity contribution in [3.05, 3.63) is 88.0 Å². The molecule has 1 amide bonds. The summed E-state index contributed by atoms with van der Waals surface area (Å²) in [5, 5.41) is 15.7. The summed E-state index contributed by atoms with van der Waals surface area (Å²) in [5.74, 6) is 0.267. The Labute approximate surface area is 167 Å². The van der Waals surface area contributed by atoms with Crippen LogP contribution in [0.3, 0.4) is 0 Å². The summed E-state index contributed by atoms with van der Waals surface area (Å²) in [5.41, 5.74) is 1.45. The van der Waals surface area contributed by atoms with Gasteiger partial charge in [-0.25, -0.2) is 0 Å². The number of ether oxygens (including phenoxy) is 1. The van der Waals surface area contributed by atoms with Crippen LogP contribution in [0.15, 0.2) is 71.7 Å². The number of nitro groups is 1. The normalized spacial score (nSPS) is 14.1. The highest BCUT2D eigenvalue weighted by molar-refractivity contribution is 6.08. The van der Waals surface area contributed by atoms with Gasteiger partial charge >= 0.3 is 0 Å². The Bertz CT molecular complexity index is 1090. The molecular formula is C22H19N3O4. The first kappa shape index (κ1) is 18.6. The first-order valence-corrected chi connectivity index (χ1v) is 9.31. The monoisotopic (exact) mass is 389 g/mol.